The number of benzene rings is 1. The van der Waals surface area contributed by atoms with Crippen molar-refractivity contribution in [3.05, 3.63) is 56.4 Å². The fraction of sp³-hybridized carbons (Fsp3) is 0. The van der Waals surface area contributed by atoms with Gasteiger partial charge in [-0.1, -0.05) is 29.3 Å². The predicted octanol–water partition coefficient (Wildman–Crippen LogP) is 3.90. The number of amides is 2. The molecule has 0 aliphatic carbocycles. The standard InChI is InChI=1S/C14H7Cl2NO3S/c15-7-4-8(16)6-9(5-7)17-13(19)11(12(18)14(17)20)10-2-1-3-21-10/h1-6,18H. The van der Waals surface area contributed by atoms with Crippen molar-refractivity contribution in [2.75, 3.05) is 4.90 Å². The molecule has 2 aromatic rings. The van der Waals surface area contributed by atoms with Crippen molar-refractivity contribution in [1.82, 2.24) is 0 Å². The molecule has 2 amide bonds. The average molecular weight is 340 g/mol. The first-order valence-corrected chi connectivity index (χ1v) is 7.44. The van der Waals surface area contributed by atoms with E-state index < -0.39 is 17.6 Å². The van der Waals surface area contributed by atoms with Crippen LogP contribution in [-0.4, -0.2) is 16.9 Å². The molecule has 2 heterocycles. The Labute approximate surface area is 133 Å². The summed E-state index contributed by atoms with van der Waals surface area (Å²) in [5.74, 6) is -1.96. The third-order valence-electron chi connectivity index (χ3n) is 2.93. The number of hydrogen-bond donors (Lipinski definition) is 1. The van der Waals surface area contributed by atoms with E-state index in [0.717, 1.165) is 4.90 Å². The highest BCUT2D eigenvalue weighted by atomic mass is 35.5. The van der Waals surface area contributed by atoms with Crippen molar-refractivity contribution >= 4 is 57.6 Å². The largest absolute Gasteiger partial charge is 0.502 e. The normalized spacial score (nSPS) is 15.2. The maximum Gasteiger partial charge on any atom is 0.301 e. The first kappa shape index (κ1) is 14.1. The number of halogens is 2. The van der Waals surface area contributed by atoms with E-state index in [4.69, 9.17) is 23.2 Å². The van der Waals surface area contributed by atoms with E-state index in [1.807, 2.05) is 0 Å². The van der Waals surface area contributed by atoms with Crippen molar-refractivity contribution in [2.45, 2.75) is 0 Å². The molecule has 0 atom stereocenters. The molecule has 0 radical (unpaired) electrons. The van der Waals surface area contributed by atoms with Crippen molar-refractivity contribution < 1.29 is 14.7 Å². The van der Waals surface area contributed by atoms with Gasteiger partial charge >= 0.3 is 5.91 Å². The second kappa shape index (κ2) is 5.18. The minimum absolute atomic E-state index is 0.00824. The summed E-state index contributed by atoms with van der Waals surface area (Å²) in [5.41, 5.74) is 0.215. The first-order chi connectivity index (χ1) is 9.99. The van der Waals surface area contributed by atoms with E-state index in [1.165, 1.54) is 29.5 Å². The summed E-state index contributed by atoms with van der Waals surface area (Å²) in [6.07, 6.45) is 0. The van der Waals surface area contributed by atoms with Crippen molar-refractivity contribution in [3.63, 3.8) is 0 Å². The molecule has 3 rings (SSSR count). The van der Waals surface area contributed by atoms with Crippen LogP contribution in [0.15, 0.2) is 41.5 Å². The summed E-state index contributed by atoms with van der Waals surface area (Å²) < 4.78 is 0. The smallest absolute Gasteiger partial charge is 0.301 e. The number of aliphatic hydroxyl groups excluding tert-OH is 1. The molecule has 0 fully saturated rings. The minimum atomic E-state index is -0.790. The van der Waals surface area contributed by atoms with Crippen molar-refractivity contribution in [1.29, 1.82) is 0 Å². The summed E-state index contributed by atoms with van der Waals surface area (Å²) in [5, 5.41) is 12.3. The van der Waals surface area contributed by atoms with Gasteiger partial charge in [-0.3, -0.25) is 9.59 Å². The number of rotatable bonds is 2. The Bertz CT molecular complexity index is 763. The second-order valence-electron chi connectivity index (χ2n) is 4.27. The molecule has 1 aliphatic heterocycles. The first-order valence-electron chi connectivity index (χ1n) is 5.81. The zero-order valence-electron chi connectivity index (χ0n) is 10.3. The molecule has 0 saturated carbocycles. The van der Waals surface area contributed by atoms with Crippen LogP contribution in [0, 0.1) is 0 Å². The number of imide groups is 1. The van der Waals surface area contributed by atoms with Crippen LogP contribution in [0.1, 0.15) is 4.88 Å². The molecule has 1 N–H and O–H groups in total. The van der Waals surface area contributed by atoms with Crippen LogP contribution in [0.3, 0.4) is 0 Å². The van der Waals surface area contributed by atoms with Crippen molar-refractivity contribution in [2.24, 2.45) is 0 Å². The van der Waals surface area contributed by atoms with Gasteiger partial charge in [-0.05, 0) is 29.6 Å². The van der Waals surface area contributed by atoms with E-state index >= 15 is 0 Å². The SMILES string of the molecule is O=C1C(O)=C(c2cccs2)C(=O)N1c1cc(Cl)cc(Cl)c1. The lowest BCUT2D eigenvalue weighted by atomic mass is 10.2. The average Bonchev–Trinajstić information content (AvgIpc) is 2.97. The van der Waals surface area contributed by atoms with Crippen LogP contribution < -0.4 is 4.90 Å². The van der Waals surface area contributed by atoms with Gasteiger partial charge in [0.1, 0.15) is 5.57 Å². The van der Waals surface area contributed by atoms with Crippen LogP contribution in [0.5, 0.6) is 0 Å². The number of carbonyl (C=O) groups excluding carboxylic acids is 2. The van der Waals surface area contributed by atoms with Gasteiger partial charge in [0.25, 0.3) is 5.91 Å². The lowest BCUT2D eigenvalue weighted by molar-refractivity contribution is -0.121. The highest BCUT2D eigenvalue weighted by Crippen LogP contribution is 2.35. The predicted molar refractivity (Wildman–Crippen MR) is 82.8 cm³/mol. The maximum absolute atomic E-state index is 12.5. The number of hydrogen-bond acceptors (Lipinski definition) is 4. The number of aliphatic hydroxyl groups is 1. The number of carbonyl (C=O) groups is 2. The van der Waals surface area contributed by atoms with E-state index in [9.17, 15) is 14.7 Å². The molecule has 4 nitrogen and oxygen atoms in total. The van der Waals surface area contributed by atoms with Crippen LogP contribution in [0.4, 0.5) is 5.69 Å². The molecule has 21 heavy (non-hydrogen) atoms. The van der Waals surface area contributed by atoms with Gasteiger partial charge in [-0.25, -0.2) is 4.90 Å². The Balaban J connectivity index is 2.08. The van der Waals surface area contributed by atoms with Crippen LogP contribution >= 0.6 is 34.5 Å². The summed E-state index contributed by atoms with van der Waals surface area (Å²) in [4.78, 5) is 26.0. The van der Waals surface area contributed by atoms with Crippen LogP contribution in [0.25, 0.3) is 5.57 Å². The third-order valence-corrected chi connectivity index (χ3v) is 4.26. The van der Waals surface area contributed by atoms with E-state index in [0.29, 0.717) is 14.9 Å². The Morgan fingerprint density at radius 2 is 1.71 bits per heavy atom. The molecule has 1 aliphatic rings. The molecular formula is C14H7Cl2NO3S. The monoisotopic (exact) mass is 339 g/mol. The summed E-state index contributed by atoms with van der Waals surface area (Å²) in [6, 6.07) is 7.76. The lowest BCUT2D eigenvalue weighted by Gasteiger charge is -2.15. The highest BCUT2D eigenvalue weighted by Gasteiger charge is 2.40. The third kappa shape index (κ3) is 2.33. The lowest BCUT2D eigenvalue weighted by Crippen LogP contribution is -2.31. The Kier molecular flexibility index (Phi) is 3.49. The Morgan fingerprint density at radius 1 is 1.05 bits per heavy atom. The van der Waals surface area contributed by atoms with E-state index in [-0.39, 0.29) is 11.3 Å². The molecule has 1 aromatic heterocycles. The van der Waals surface area contributed by atoms with Gasteiger partial charge in [0.15, 0.2) is 5.76 Å². The van der Waals surface area contributed by atoms with Crippen molar-refractivity contribution in [3.8, 4) is 0 Å². The zero-order valence-corrected chi connectivity index (χ0v) is 12.7. The molecule has 0 spiro atoms. The fourth-order valence-corrected chi connectivity index (χ4v) is 3.34. The van der Waals surface area contributed by atoms with E-state index in [2.05, 4.69) is 0 Å². The quantitative estimate of drug-likeness (QED) is 0.844. The fourth-order valence-electron chi connectivity index (χ4n) is 2.06. The van der Waals surface area contributed by atoms with Crippen LogP contribution in [0.2, 0.25) is 10.0 Å². The summed E-state index contributed by atoms with van der Waals surface area (Å²) in [7, 11) is 0. The van der Waals surface area contributed by atoms with Crippen LogP contribution in [-0.2, 0) is 9.59 Å². The Hall–Kier alpha value is -1.82. The maximum atomic E-state index is 12.5. The second-order valence-corrected chi connectivity index (χ2v) is 6.09. The van der Waals surface area contributed by atoms with E-state index in [1.54, 1.807) is 17.5 Å². The van der Waals surface area contributed by atoms with Gasteiger partial charge < -0.3 is 5.11 Å². The number of nitrogens with zero attached hydrogens (tertiary/aromatic N) is 1. The molecular weight excluding hydrogens is 333 g/mol. The molecule has 0 bridgehead atoms. The number of anilines is 1. The van der Waals surface area contributed by atoms with Gasteiger partial charge in [0.05, 0.1) is 5.69 Å². The highest BCUT2D eigenvalue weighted by molar-refractivity contribution is 7.11. The van der Waals surface area contributed by atoms with Gasteiger partial charge in [-0.15, -0.1) is 11.3 Å². The molecule has 1 aromatic carbocycles. The zero-order chi connectivity index (χ0) is 15.1. The molecule has 0 unspecified atom stereocenters. The Morgan fingerprint density at radius 3 is 2.29 bits per heavy atom. The molecule has 106 valence electrons. The molecule has 7 heteroatoms. The summed E-state index contributed by atoms with van der Waals surface area (Å²) in [6.45, 7) is 0. The number of thiophene rings is 1. The minimum Gasteiger partial charge on any atom is -0.502 e. The summed E-state index contributed by atoms with van der Waals surface area (Å²) >= 11 is 13.0. The molecule has 0 saturated heterocycles. The van der Waals surface area contributed by atoms with Gasteiger partial charge in [0.2, 0.25) is 0 Å². The van der Waals surface area contributed by atoms with Gasteiger partial charge in [-0.2, -0.15) is 0 Å². The topological polar surface area (TPSA) is 57.6 Å². The van der Waals surface area contributed by atoms with Gasteiger partial charge in [0, 0.05) is 14.9 Å².